The molecule has 2 N–H and O–H groups in total. The van der Waals surface area contributed by atoms with E-state index in [1.165, 1.54) is 0 Å². The van der Waals surface area contributed by atoms with Gasteiger partial charge in [-0.05, 0) is 26.0 Å². The molecule has 5 heteroatoms. The van der Waals surface area contributed by atoms with Gasteiger partial charge in [0.25, 0.3) is 0 Å². The third kappa shape index (κ3) is 3.72. The molecule has 0 spiro atoms. The average molecular weight is 258 g/mol. The van der Waals surface area contributed by atoms with Crippen molar-refractivity contribution in [2.45, 2.75) is 25.8 Å². The molecule has 2 rings (SSSR count). The summed E-state index contributed by atoms with van der Waals surface area (Å²) in [7, 11) is 1.59. The molecule has 100 valence electrons. The largest absolute Gasteiger partial charge is 0.481 e. The Labute approximate surface area is 112 Å². The van der Waals surface area contributed by atoms with Gasteiger partial charge in [-0.1, -0.05) is 6.07 Å². The van der Waals surface area contributed by atoms with Crippen LogP contribution in [0.15, 0.2) is 30.5 Å². The Bertz CT molecular complexity index is 549. The fraction of sp³-hybridized carbons (Fsp3) is 0.357. The number of hydrogen-bond acceptors (Lipinski definition) is 5. The summed E-state index contributed by atoms with van der Waals surface area (Å²) in [5, 5.41) is 0. The molecule has 2 aromatic rings. The monoisotopic (exact) mass is 258 g/mol. The summed E-state index contributed by atoms with van der Waals surface area (Å²) in [6, 6.07) is 7.46. The maximum Gasteiger partial charge on any atom is 0.216 e. The normalized spacial score (nSPS) is 11.4. The number of nitrogens with two attached hydrogens (primary N) is 1. The van der Waals surface area contributed by atoms with Crippen molar-refractivity contribution in [3.63, 3.8) is 0 Å². The molecule has 0 aliphatic heterocycles. The Morgan fingerprint density at radius 1 is 1.21 bits per heavy atom. The molecule has 0 bridgehead atoms. The van der Waals surface area contributed by atoms with Crippen LogP contribution in [0.25, 0.3) is 11.4 Å². The van der Waals surface area contributed by atoms with Gasteiger partial charge in [0.15, 0.2) is 0 Å². The first-order valence-electron chi connectivity index (χ1n) is 6.10. The molecule has 19 heavy (non-hydrogen) atoms. The second kappa shape index (κ2) is 5.32. The first-order valence-corrected chi connectivity index (χ1v) is 6.10. The third-order valence-corrected chi connectivity index (χ3v) is 2.50. The van der Waals surface area contributed by atoms with E-state index in [1.54, 1.807) is 19.4 Å². The van der Waals surface area contributed by atoms with E-state index in [-0.39, 0.29) is 5.54 Å². The fourth-order valence-corrected chi connectivity index (χ4v) is 1.71. The van der Waals surface area contributed by atoms with E-state index in [2.05, 4.69) is 15.0 Å². The zero-order chi connectivity index (χ0) is 13.9. The lowest BCUT2D eigenvalue weighted by molar-refractivity contribution is 0.392. The van der Waals surface area contributed by atoms with Crippen molar-refractivity contribution < 1.29 is 4.74 Å². The van der Waals surface area contributed by atoms with Gasteiger partial charge in [0, 0.05) is 24.2 Å². The number of hydrogen-bond donors (Lipinski definition) is 1. The predicted molar refractivity (Wildman–Crippen MR) is 73.8 cm³/mol. The summed E-state index contributed by atoms with van der Waals surface area (Å²) in [5.74, 6) is 1.18. The second-order valence-electron chi connectivity index (χ2n) is 5.09. The fourth-order valence-electron chi connectivity index (χ4n) is 1.71. The van der Waals surface area contributed by atoms with Gasteiger partial charge in [-0.25, -0.2) is 4.98 Å². The smallest absolute Gasteiger partial charge is 0.216 e. The van der Waals surface area contributed by atoms with Gasteiger partial charge in [0.1, 0.15) is 5.82 Å². The van der Waals surface area contributed by atoms with Crippen LogP contribution in [0, 0.1) is 0 Å². The lowest BCUT2D eigenvalue weighted by Crippen LogP contribution is -2.35. The molecule has 0 amide bonds. The highest BCUT2D eigenvalue weighted by molar-refractivity contribution is 5.54. The number of ether oxygens (including phenoxy) is 1. The molecule has 0 aliphatic rings. The average Bonchev–Trinajstić information content (AvgIpc) is 2.37. The van der Waals surface area contributed by atoms with Crippen molar-refractivity contribution in [1.82, 2.24) is 15.0 Å². The lowest BCUT2D eigenvalue weighted by Gasteiger charge is -2.17. The number of aromatic nitrogens is 3. The zero-order valence-corrected chi connectivity index (χ0v) is 11.4. The van der Waals surface area contributed by atoms with Crippen molar-refractivity contribution in [2.75, 3.05) is 7.11 Å². The van der Waals surface area contributed by atoms with E-state index in [4.69, 9.17) is 10.5 Å². The van der Waals surface area contributed by atoms with Gasteiger partial charge in [-0.15, -0.1) is 0 Å². The summed E-state index contributed by atoms with van der Waals surface area (Å²) < 4.78 is 5.21. The Hall–Kier alpha value is -2.01. The van der Waals surface area contributed by atoms with E-state index in [0.29, 0.717) is 18.1 Å². The topological polar surface area (TPSA) is 73.9 Å². The molecule has 0 aromatic carbocycles. The van der Waals surface area contributed by atoms with Crippen molar-refractivity contribution in [2.24, 2.45) is 5.73 Å². The van der Waals surface area contributed by atoms with Crippen LogP contribution >= 0.6 is 0 Å². The van der Waals surface area contributed by atoms with Crippen LogP contribution in [0.2, 0.25) is 0 Å². The molecule has 0 saturated carbocycles. The molecular formula is C14H18N4O. The van der Waals surface area contributed by atoms with Crippen LogP contribution in [0.4, 0.5) is 0 Å². The minimum Gasteiger partial charge on any atom is -0.481 e. The highest BCUT2D eigenvalue weighted by Crippen LogP contribution is 2.20. The number of nitrogens with zero attached hydrogens (tertiary/aromatic N) is 3. The standard InChI is InChI=1S/C14H18N4O/c1-14(2,15)9-12-17-11(8-13(18-12)19-3)10-6-4-5-7-16-10/h4-8H,9,15H2,1-3H3. The van der Waals surface area contributed by atoms with Crippen LogP contribution in [-0.2, 0) is 6.42 Å². The number of pyridine rings is 1. The molecular weight excluding hydrogens is 240 g/mol. The molecule has 2 heterocycles. The Morgan fingerprint density at radius 2 is 2.00 bits per heavy atom. The van der Waals surface area contributed by atoms with Crippen molar-refractivity contribution in [3.05, 3.63) is 36.3 Å². The molecule has 0 saturated heterocycles. The van der Waals surface area contributed by atoms with Crippen molar-refractivity contribution >= 4 is 0 Å². The molecule has 0 atom stereocenters. The van der Waals surface area contributed by atoms with Crippen LogP contribution in [-0.4, -0.2) is 27.6 Å². The number of methoxy groups -OCH3 is 1. The summed E-state index contributed by atoms with van der Waals surface area (Å²) in [6.07, 6.45) is 2.31. The predicted octanol–water partition coefficient (Wildman–Crippen LogP) is 1.83. The molecule has 2 aromatic heterocycles. The maximum atomic E-state index is 6.01. The molecule has 5 nitrogen and oxygen atoms in total. The lowest BCUT2D eigenvalue weighted by atomic mass is 10.0. The number of rotatable bonds is 4. The van der Waals surface area contributed by atoms with Crippen molar-refractivity contribution in [3.8, 4) is 17.3 Å². The van der Waals surface area contributed by atoms with E-state index in [9.17, 15) is 0 Å². The van der Waals surface area contributed by atoms with Gasteiger partial charge in [0.2, 0.25) is 5.88 Å². The zero-order valence-electron chi connectivity index (χ0n) is 11.4. The minimum atomic E-state index is -0.367. The summed E-state index contributed by atoms with van der Waals surface area (Å²) in [4.78, 5) is 13.1. The highest BCUT2D eigenvalue weighted by atomic mass is 16.5. The van der Waals surface area contributed by atoms with Gasteiger partial charge in [-0.2, -0.15) is 4.98 Å². The van der Waals surface area contributed by atoms with E-state index in [0.717, 1.165) is 11.4 Å². The van der Waals surface area contributed by atoms with Crippen LogP contribution < -0.4 is 10.5 Å². The molecule has 0 unspecified atom stereocenters. The third-order valence-electron chi connectivity index (χ3n) is 2.50. The van der Waals surface area contributed by atoms with Crippen molar-refractivity contribution in [1.29, 1.82) is 0 Å². The van der Waals surface area contributed by atoms with Gasteiger partial charge in [-0.3, -0.25) is 4.98 Å². The Balaban J connectivity index is 2.42. The Morgan fingerprint density at radius 3 is 2.58 bits per heavy atom. The first-order chi connectivity index (χ1) is 8.98. The van der Waals surface area contributed by atoms with Crippen LogP contribution in [0.5, 0.6) is 5.88 Å². The Kier molecular flexibility index (Phi) is 3.76. The summed E-state index contributed by atoms with van der Waals surface area (Å²) in [5.41, 5.74) is 7.18. The van der Waals surface area contributed by atoms with Gasteiger partial charge >= 0.3 is 0 Å². The highest BCUT2D eigenvalue weighted by Gasteiger charge is 2.16. The molecule has 0 aliphatic carbocycles. The molecule has 0 radical (unpaired) electrons. The quantitative estimate of drug-likeness (QED) is 0.905. The maximum absolute atomic E-state index is 6.01. The van der Waals surface area contributed by atoms with E-state index < -0.39 is 0 Å². The van der Waals surface area contributed by atoms with E-state index >= 15 is 0 Å². The minimum absolute atomic E-state index is 0.367. The van der Waals surface area contributed by atoms with Gasteiger partial charge in [0.05, 0.1) is 18.5 Å². The summed E-state index contributed by atoms with van der Waals surface area (Å²) in [6.45, 7) is 3.88. The second-order valence-corrected chi connectivity index (χ2v) is 5.09. The van der Waals surface area contributed by atoms with E-state index in [1.807, 2.05) is 32.0 Å². The summed E-state index contributed by atoms with van der Waals surface area (Å²) >= 11 is 0. The van der Waals surface area contributed by atoms with Crippen LogP contribution in [0.1, 0.15) is 19.7 Å². The molecule has 0 fully saturated rings. The van der Waals surface area contributed by atoms with Gasteiger partial charge < -0.3 is 10.5 Å². The SMILES string of the molecule is COc1cc(-c2ccccn2)nc(CC(C)(C)N)n1. The van der Waals surface area contributed by atoms with Crippen LogP contribution in [0.3, 0.4) is 0 Å². The first kappa shape index (κ1) is 13.4.